The van der Waals surface area contributed by atoms with Crippen molar-refractivity contribution in [2.75, 3.05) is 6.54 Å². The molecule has 0 aliphatic carbocycles. The Morgan fingerprint density at radius 3 is 2.14 bits per heavy atom. The highest BCUT2D eigenvalue weighted by Gasteiger charge is 2.29. The lowest BCUT2D eigenvalue weighted by Gasteiger charge is -2.23. The topological polar surface area (TPSA) is 114 Å². The fourth-order valence-corrected chi connectivity index (χ4v) is 3.59. The third-order valence-electron chi connectivity index (χ3n) is 5.61. The van der Waals surface area contributed by atoms with Crippen LogP contribution in [0.1, 0.15) is 84.6 Å². The average Bonchev–Trinajstić information content (AvgIpc) is 2.84. The maximum Gasteiger partial charge on any atom is 0.408 e. The van der Waals surface area contributed by atoms with Gasteiger partial charge in [0.1, 0.15) is 12.6 Å². The Morgan fingerprint density at radius 2 is 1.51 bits per heavy atom. The number of nitrogens with one attached hydrogen (secondary N) is 3. The van der Waals surface area contributed by atoms with Crippen LogP contribution in [0.5, 0.6) is 0 Å². The molecule has 0 aliphatic heterocycles. The van der Waals surface area contributed by atoms with E-state index >= 15 is 0 Å². The van der Waals surface area contributed by atoms with Gasteiger partial charge >= 0.3 is 6.09 Å². The lowest BCUT2D eigenvalue weighted by atomic mass is 10.0. The predicted molar refractivity (Wildman–Crippen MR) is 137 cm³/mol. The Hall–Kier alpha value is -2.90. The number of ketones is 1. The number of amides is 3. The quantitative estimate of drug-likeness (QED) is 0.223. The van der Waals surface area contributed by atoms with E-state index in [1.54, 1.807) is 6.92 Å². The van der Waals surface area contributed by atoms with Crippen molar-refractivity contribution in [1.29, 1.82) is 0 Å². The molecule has 0 saturated heterocycles. The first kappa shape index (κ1) is 30.1. The molecular weight excluding hydrogens is 446 g/mol. The molecule has 1 aromatic carbocycles. The van der Waals surface area contributed by atoms with Crippen LogP contribution in [0.2, 0.25) is 0 Å². The van der Waals surface area contributed by atoms with Crippen LogP contribution in [0, 0.1) is 5.92 Å². The van der Waals surface area contributed by atoms with Gasteiger partial charge in [0.2, 0.25) is 11.7 Å². The van der Waals surface area contributed by atoms with E-state index in [1.807, 2.05) is 44.2 Å². The zero-order valence-electron chi connectivity index (χ0n) is 21.7. The number of alkyl carbamates (subject to hydrolysis) is 1. The smallest absolute Gasteiger partial charge is 0.408 e. The van der Waals surface area contributed by atoms with Crippen molar-refractivity contribution in [2.45, 2.75) is 97.8 Å². The number of hydrogen-bond acceptors (Lipinski definition) is 5. The van der Waals surface area contributed by atoms with Crippen LogP contribution >= 0.6 is 0 Å². The van der Waals surface area contributed by atoms with Crippen LogP contribution in [0.4, 0.5) is 4.79 Å². The fraction of sp³-hybridized carbons (Fsp3) is 0.630. The van der Waals surface area contributed by atoms with Crippen LogP contribution in [0.15, 0.2) is 30.3 Å². The van der Waals surface area contributed by atoms with E-state index in [4.69, 9.17) is 4.74 Å². The zero-order valence-corrected chi connectivity index (χ0v) is 21.7. The first-order chi connectivity index (χ1) is 16.8. The maximum absolute atomic E-state index is 12.9. The highest BCUT2D eigenvalue weighted by atomic mass is 16.5. The Morgan fingerprint density at radius 1 is 0.857 bits per heavy atom. The Balaban J connectivity index is 2.57. The van der Waals surface area contributed by atoms with E-state index in [0.29, 0.717) is 13.0 Å². The molecule has 0 spiro atoms. The molecular formula is C27H43N3O5. The van der Waals surface area contributed by atoms with Gasteiger partial charge in [0.05, 0.1) is 6.04 Å². The van der Waals surface area contributed by atoms with Gasteiger partial charge in [0.25, 0.3) is 5.91 Å². The molecule has 1 unspecified atom stereocenters. The van der Waals surface area contributed by atoms with E-state index in [9.17, 15) is 19.2 Å². The summed E-state index contributed by atoms with van der Waals surface area (Å²) in [6.45, 7) is 8.25. The van der Waals surface area contributed by atoms with Gasteiger partial charge in [-0.15, -0.1) is 0 Å². The van der Waals surface area contributed by atoms with Crippen LogP contribution in [0.3, 0.4) is 0 Å². The van der Waals surface area contributed by atoms with E-state index in [-0.39, 0.29) is 18.9 Å². The van der Waals surface area contributed by atoms with Crippen molar-refractivity contribution in [3.8, 4) is 0 Å². The third-order valence-corrected chi connectivity index (χ3v) is 5.61. The Labute approximate surface area is 210 Å². The molecule has 8 nitrogen and oxygen atoms in total. The SMILES string of the molecule is CCCCCCCCNC(=O)C(=O)C(CC)NC(=O)[C@H](CC(C)C)NC(=O)OCc1ccccc1. The highest BCUT2D eigenvalue weighted by Crippen LogP contribution is 2.08. The predicted octanol–water partition coefficient (Wildman–Crippen LogP) is 4.27. The van der Waals surface area contributed by atoms with Crippen LogP contribution in [-0.2, 0) is 25.7 Å². The second-order valence-corrected chi connectivity index (χ2v) is 9.25. The van der Waals surface area contributed by atoms with Gasteiger partial charge in [-0.25, -0.2) is 4.79 Å². The summed E-state index contributed by atoms with van der Waals surface area (Å²) in [7, 11) is 0. The third kappa shape index (κ3) is 12.9. The number of hydrogen-bond donors (Lipinski definition) is 3. The average molecular weight is 490 g/mol. The summed E-state index contributed by atoms with van der Waals surface area (Å²) in [5.41, 5.74) is 0.830. The second-order valence-electron chi connectivity index (χ2n) is 9.25. The van der Waals surface area contributed by atoms with Crippen molar-refractivity contribution in [3.63, 3.8) is 0 Å². The summed E-state index contributed by atoms with van der Waals surface area (Å²) in [4.78, 5) is 50.1. The van der Waals surface area contributed by atoms with Gasteiger partial charge in [-0.2, -0.15) is 0 Å². The van der Waals surface area contributed by atoms with Gasteiger partial charge < -0.3 is 20.7 Å². The maximum atomic E-state index is 12.9. The molecule has 1 aromatic rings. The summed E-state index contributed by atoms with van der Waals surface area (Å²) >= 11 is 0. The first-order valence-corrected chi connectivity index (χ1v) is 12.9. The van der Waals surface area contributed by atoms with Crippen molar-refractivity contribution >= 4 is 23.7 Å². The highest BCUT2D eigenvalue weighted by molar-refractivity contribution is 6.38. The minimum atomic E-state index is -0.955. The molecule has 0 aromatic heterocycles. The largest absolute Gasteiger partial charge is 0.445 e. The van der Waals surface area contributed by atoms with Crippen LogP contribution in [0.25, 0.3) is 0 Å². The first-order valence-electron chi connectivity index (χ1n) is 12.9. The standard InChI is InChI=1S/C27H43N3O5/c1-5-7-8-9-10-14-17-28-26(33)24(31)22(6-2)29-25(32)23(18-20(3)4)30-27(34)35-19-21-15-12-11-13-16-21/h11-13,15-16,20,22-23H,5-10,14,17-19H2,1-4H3,(H,28,33)(H,29,32)(H,30,34)/t22?,23-/m0/s1. The molecule has 35 heavy (non-hydrogen) atoms. The number of benzene rings is 1. The van der Waals surface area contributed by atoms with Crippen molar-refractivity contribution in [1.82, 2.24) is 16.0 Å². The minimum absolute atomic E-state index is 0.0809. The number of ether oxygens (including phenoxy) is 1. The number of carbonyl (C=O) groups is 4. The van der Waals surface area contributed by atoms with E-state index in [2.05, 4.69) is 22.9 Å². The van der Waals surface area contributed by atoms with Crippen LogP contribution < -0.4 is 16.0 Å². The molecule has 0 fully saturated rings. The molecule has 0 bridgehead atoms. The Bertz CT molecular complexity index is 782. The lowest BCUT2D eigenvalue weighted by Crippen LogP contribution is -2.54. The molecule has 3 N–H and O–H groups in total. The minimum Gasteiger partial charge on any atom is -0.445 e. The normalized spacial score (nSPS) is 12.5. The number of unbranched alkanes of at least 4 members (excludes halogenated alkanes) is 5. The second kappa shape index (κ2) is 17.5. The molecule has 0 radical (unpaired) electrons. The fourth-order valence-electron chi connectivity index (χ4n) is 3.59. The molecule has 0 aliphatic rings. The van der Waals surface area contributed by atoms with E-state index in [1.165, 1.54) is 19.3 Å². The van der Waals surface area contributed by atoms with E-state index < -0.39 is 35.8 Å². The molecule has 196 valence electrons. The van der Waals surface area contributed by atoms with Crippen molar-refractivity contribution in [3.05, 3.63) is 35.9 Å². The monoisotopic (exact) mass is 489 g/mol. The van der Waals surface area contributed by atoms with Gasteiger partial charge in [-0.1, -0.05) is 90.1 Å². The summed E-state index contributed by atoms with van der Waals surface area (Å²) in [6.07, 6.45) is 6.41. The van der Waals surface area contributed by atoms with Crippen molar-refractivity contribution < 1.29 is 23.9 Å². The summed E-state index contributed by atoms with van der Waals surface area (Å²) in [6, 6.07) is 7.39. The summed E-state index contributed by atoms with van der Waals surface area (Å²) in [5.74, 6) is -1.78. The summed E-state index contributed by atoms with van der Waals surface area (Å²) in [5, 5.41) is 7.89. The summed E-state index contributed by atoms with van der Waals surface area (Å²) < 4.78 is 5.23. The molecule has 1 rings (SSSR count). The Kier molecular flexibility index (Phi) is 15.1. The number of rotatable bonds is 17. The molecule has 2 atom stereocenters. The van der Waals surface area contributed by atoms with Gasteiger partial charge in [0, 0.05) is 6.54 Å². The molecule has 0 saturated carbocycles. The molecule has 0 heterocycles. The lowest BCUT2D eigenvalue weighted by molar-refractivity contribution is -0.140. The van der Waals surface area contributed by atoms with E-state index in [0.717, 1.165) is 24.8 Å². The zero-order chi connectivity index (χ0) is 26.1. The van der Waals surface area contributed by atoms with Gasteiger partial charge in [0.15, 0.2) is 0 Å². The van der Waals surface area contributed by atoms with Crippen molar-refractivity contribution in [2.24, 2.45) is 5.92 Å². The number of carbonyl (C=O) groups excluding carboxylic acids is 4. The number of Topliss-reactive ketones (excluding diaryl/α,β-unsaturated/α-hetero) is 1. The molecule has 8 heteroatoms. The molecule has 3 amide bonds. The van der Waals surface area contributed by atoms with Gasteiger partial charge in [-0.05, 0) is 30.7 Å². The van der Waals surface area contributed by atoms with Crippen LogP contribution in [-0.4, -0.2) is 42.3 Å². The van der Waals surface area contributed by atoms with Gasteiger partial charge in [-0.3, -0.25) is 14.4 Å².